The van der Waals surface area contributed by atoms with Crippen molar-refractivity contribution in [2.75, 3.05) is 26.7 Å². The molecule has 0 aromatic carbocycles. The molecule has 1 aromatic heterocycles. The van der Waals surface area contributed by atoms with Gasteiger partial charge in [-0.3, -0.25) is 14.3 Å². The van der Waals surface area contributed by atoms with Gasteiger partial charge in [-0.15, -0.1) is 0 Å². The summed E-state index contributed by atoms with van der Waals surface area (Å²) in [7, 11) is 3.31. The SMILES string of the molecule is CNC(=O)[C@]1(C)CN(C(=O)c2cnn(C)c2)CCO1. The van der Waals surface area contributed by atoms with Crippen molar-refractivity contribution in [1.29, 1.82) is 0 Å². The minimum absolute atomic E-state index is 0.133. The van der Waals surface area contributed by atoms with Crippen LogP contribution >= 0.6 is 0 Å². The van der Waals surface area contributed by atoms with E-state index in [0.717, 1.165) is 0 Å². The van der Waals surface area contributed by atoms with Gasteiger partial charge in [0.05, 0.1) is 24.9 Å². The molecule has 0 saturated carbocycles. The summed E-state index contributed by atoms with van der Waals surface area (Å²) >= 11 is 0. The molecule has 1 aromatic rings. The molecule has 0 radical (unpaired) electrons. The number of carbonyl (C=O) groups is 2. The Kier molecular flexibility index (Phi) is 3.57. The molecule has 7 nitrogen and oxygen atoms in total. The first-order chi connectivity index (χ1) is 8.96. The third-order valence-corrected chi connectivity index (χ3v) is 3.22. The first-order valence-corrected chi connectivity index (χ1v) is 6.10. The Labute approximate surface area is 111 Å². The van der Waals surface area contributed by atoms with E-state index in [9.17, 15) is 9.59 Å². The van der Waals surface area contributed by atoms with E-state index in [1.807, 2.05) is 0 Å². The summed E-state index contributed by atoms with van der Waals surface area (Å²) in [4.78, 5) is 25.7. The molecule has 2 amide bonds. The fourth-order valence-corrected chi connectivity index (χ4v) is 2.16. The van der Waals surface area contributed by atoms with Crippen LogP contribution in [0.15, 0.2) is 12.4 Å². The van der Waals surface area contributed by atoms with Crippen LogP contribution in [0.5, 0.6) is 0 Å². The first-order valence-electron chi connectivity index (χ1n) is 6.10. The third kappa shape index (κ3) is 2.60. The van der Waals surface area contributed by atoms with Crippen molar-refractivity contribution in [3.8, 4) is 0 Å². The van der Waals surface area contributed by atoms with E-state index in [1.165, 1.54) is 6.20 Å². The summed E-state index contributed by atoms with van der Waals surface area (Å²) in [5.41, 5.74) is -0.478. The lowest BCUT2D eigenvalue weighted by Gasteiger charge is -2.38. The predicted molar refractivity (Wildman–Crippen MR) is 67.5 cm³/mol. The molecule has 2 rings (SSSR count). The van der Waals surface area contributed by atoms with Gasteiger partial charge in [-0.25, -0.2) is 0 Å². The van der Waals surface area contributed by atoms with E-state index in [1.54, 1.807) is 36.8 Å². The zero-order valence-corrected chi connectivity index (χ0v) is 11.3. The Morgan fingerprint density at radius 1 is 1.53 bits per heavy atom. The van der Waals surface area contributed by atoms with Crippen LogP contribution in [0.2, 0.25) is 0 Å². The van der Waals surface area contributed by atoms with E-state index in [0.29, 0.717) is 18.7 Å². The van der Waals surface area contributed by atoms with Gasteiger partial charge in [0, 0.05) is 26.8 Å². The summed E-state index contributed by atoms with van der Waals surface area (Å²) in [5, 5.41) is 6.54. The number of hydrogen-bond acceptors (Lipinski definition) is 4. The van der Waals surface area contributed by atoms with Crippen LogP contribution in [0.4, 0.5) is 0 Å². The number of nitrogens with one attached hydrogen (secondary N) is 1. The molecule has 2 heterocycles. The highest BCUT2D eigenvalue weighted by Gasteiger charge is 2.40. The van der Waals surface area contributed by atoms with Gasteiger partial charge in [-0.1, -0.05) is 0 Å². The van der Waals surface area contributed by atoms with Crippen molar-refractivity contribution in [3.63, 3.8) is 0 Å². The van der Waals surface area contributed by atoms with Gasteiger partial charge in [0.2, 0.25) is 0 Å². The smallest absolute Gasteiger partial charge is 0.257 e. The van der Waals surface area contributed by atoms with Crippen molar-refractivity contribution in [2.24, 2.45) is 7.05 Å². The molecule has 1 N–H and O–H groups in total. The maximum absolute atomic E-state index is 12.3. The van der Waals surface area contributed by atoms with Crippen molar-refractivity contribution >= 4 is 11.8 Å². The van der Waals surface area contributed by atoms with E-state index >= 15 is 0 Å². The number of nitrogens with zero attached hydrogens (tertiary/aromatic N) is 3. The topological polar surface area (TPSA) is 76.5 Å². The summed E-state index contributed by atoms with van der Waals surface area (Å²) in [6.07, 6.45) is 3.18. The van der Waals surface area contributed by atoms with E-state index in [-0.39, 0.29) is 18.4 Å². The molecule has 1 fully saturated rings. The van der Waals surface area contributed by atoms with Crippen molar-refractivity contribution in [1.82, 2.24) is 20.0 Å². The van der Waals surface area contributed by atoms with Gasteiger partial charge in [0.15, 0.2) is 5.60 Å². The summed E-state index contributed by atoms with van der Waals surface area (Å²) in [6.45, 7) is 2.74. The Bertz CT molecular complexity index is 499. The zero-order chi connectivity index (χ0) is 14.0. The highest BCUT2D eigenvalue weighted by molar-refractivity contribution is 5.94. The fourth-order valence-electron chi connectivity index (χ4n) is 2.16. The van der Waals surface area contributed by atoms with E-state index < -0.39 is 5.60 Å². The van der Waals surface area contributed by atoms with Crippen LogP contribution in [0, 0.1) is 0 Å². The number of hydrogen-bond donors (Lipinski definition) is 1. The minimum atomic E-state index is -0.995. The normalized spacial score (nSPS) is 23.2. The average molecular weight is 266 g/mol. The van der Waals surface area contributed by atoms with Gasteiger partial charge in [0.1, 0.15) is 0 Å². The van der Waals surface area contributed by atoms with E-state index in [2.05, 4.69) is 10.4 Å². The molecule has 1 atom stereocenters. The highest BCUT2D eigenvalue weighted by Crippen LogP contribution is 2.19. The maximum atomic E-state index is 12.3. The first kappa shape index (κ1) is 13.5. The van der Waals surface area contributed by atoms with Crippen LogP contribution in [-0.2, 0) is 16.6 Å². The molecular weight excluding hydrogens is 248 g/mol. The van der Waals surface area contributed by atoms with E-state index in [4.69, 9.17) is 4.74 Å². The third-order valence-electron chi connectivity index (χ3n) is 3.22. The zero-order valence-electron chi connectivity index (χ0n) is 11.3. The number of carbonyl (C=O) groups excluding carboxylic acids is 2. The number of amides is 2. The molecule has 0 spiro atoms. The maximum Gasteiger partial charge on any atom is 0.257 e. The number of morpholine rings is 1. The van der Waals surface area contributed by atoms with Crippen LogP contribution in [0.1, 0.15) is 17.3 Å². The minimum Gasteiger partial charge on any atom is -0.362 e. The molecule has 0 bridgehead atoms. The van der Waals surface area contributed by atoms with Gasteiger partial charge >= 0.3 is 0 Å². The van der Waals surface area contributed by atoms with Crippen molar-refractivity contribution in [2.45, 2.75) is 12.5 Å². The molecule has 7 heteroatoms. The molecule has 104 valence electrons. The number of aryl methyl sites for hydroxylation is 1. The Hall–Kier alpha value is -1.89. The number of aromatic nitrogens is 2. The molecule has 19 heavy (non-hydrogen) atoms. The standard InChI is InChI=1S/C12H18N4O3/c1-12(11(18)13-2)8-16(4-5-19-12)10(17)9-6-14-15(3)7-9/h6-7H,4-5,8H2,1-3H3,(H,13,18)/t12-/m0/s1. The van der Waals surface area contributed by atoms with Gasteiger partial charge in [0.25, 0.3) is 11.8 Å². The predicted octanol–water partition coefficient (Wildman–Crippen LogP) is -0.603. The lowest BCUT2D eigenvalue weighted by atomic mass is 10.0. The van der Waals surface area contributed by atoms with Crippen LogP contribution in [0.25, 0.3) is 0 Å². The quantitative estimate of drug-likeness (QED) is 0.775. The largest absolute Gasteiger partial charge is 0.362 e. The van der Waals surface area contributed by atoms with Crippen LogP contribution < -0.4 is 5.32 Å². The molecular formula is C12H18N4O3. The summed E-state index contributed by atoms with van der Waals surface area (Å²) in [6, 6.07) is 0. The molecule has 1 saturated heterocycles. The fraction of sp³-hybridized carbons (Fsp3) is 0.583. The van der Waals surface area contributed by atoms with Gasteiger partial charge in [-0.2, -0.15) is 5.10 Å². The van der Waals surface area contributed by atoms with Crippen LogP contribution in [-0.4, -0.2) is 58.8 Å². The lowest BCUT2D eigenvalue weighted by Crippen LogP contribution is -2.58. The van der Waals surface area contributed by atoms with Gasteiger partial charge < -0.3 is 15.0 Å². The van der Waals surface area contributed by atoms with Crippen molar-refractivity contribution in [3.05, 3.63) is 18.0 Å². The summed E-state index contributed by atoms with van der Waals surface area (Å²) < 4.78 is 7.09. The summed E-state index contributed by atoms with van der Waals surface area (Å²) in [5.74, 6) is -0.359. The van der Waals surface area contributed by atoms with Crippen molar-refractivity contribution < 1.29 is 14.3 Å². The average Bonchev–Trinajstić information content (AvgIpc) is 2.83. The number of ether oxygens (including phenoxy) is 1. The van der Waals surface area contributed by atoms with Crippen LogP contribution in [0.3, 0.4) is 0 Å². The lowest BCUT2D eigenvalue weighted by molar-refractivity contribution is -0.153. The molecule has 0 unspecified atom stereocenters. The second-order valence-electron chi connectivity index (χ2n) is 4.79. The molecule has 1 aliphatic rings. The molecule has 0 aliphatic carbocycles. The highest BCUT2D eigenvalue weighted by atomic mass is 16.5. The number of likely N-dealkylation sites (N-methyl/N-ethyl adjacent to an activating group) is 1. The number of rotatable bonds is 2. The Morgan fingerprint density at radius 2 is 2.26 bits per heavy atom. The Balaban J connectivity index is 2.13. The molecule has 1 aliphatic heterocycles. The monoisotopic (exact) mass is 266 g/mol. The van der Waals surface area contributed by atoms with Gasteiger partial charge in [-0.05, 0) is 6.92 Å². The second kappa shape index (κ2) is 5.00. The Morgan fingerprint density at radius 3 is 2.84 bits per heavy atom. The second-order valence-corrected chi connectivity index (χ2v) is 4.79.